The van der Waals surface area contributed by atoms with E-state index in [9.17, 15) is 4.79 Å². The molecule has 1 atom stereocenters. The molecule has 0 spiro atoms. The number of pyridine rings is 1. The number of aromatic amines is 1. The molecule has 2 aliphatic carbocycles. The molecule has 0 aliphatic heterocycles. The summed E-state index contributed by atoms with van der Waals surface area (Å²) in [4.78, 5) is 18.9. The first-order chi connectivity index (χ1) is 16.5. The molecule has 182 valence electrons. The molecule has 0 amide bonds. The number of rotatable bonds is 7. The standard InChI is InChI=1S/C27H38N6O/c1-4-25(26-29-30-31-33(26)23-12-8-9-13-23)32(22-10-6-5-7-11-22)17-21-16-20-14-18(2)19(3)15-24(20)28-27(21)34/h14-16,22-23,25H,4-13,17H2,1-3H3,(H,28,34)/t25-/m0/s1. The first-order valence-electron chi connectivity index (χ1n) is 13.2. The van der Waals surface area contributed by atoms with Crippen molar-refractivity contribution in [3.8, 4) is 0 Å². The lowest BCUT2D eigenvalue weighted by Gasteiger charge is -2.39. The van der Waals surface area contributed by atoms with Crippen molar-refractivity contribution in [3.05, 3.63) is 51.1 Å². The van der Waals surface area contributed by atoms with Gasteiger partial charge in [-0.25, -0.2) is 4.68 Å². The van der Waals surface area contributed by atoms with Crippen molar-refractivity contribution in [2.45, 2.75) is 110 Å². The van der Waals surface area contributed by atoms with E-state index in [0.29, 0.717) is 18.6 Å². The summed E-state index contributed by atoms with van der Waals surface area (Å²) in [5.41, 5.74) is 4.21. The number of nitrogens with zero attached hydrogens (tertiary/aromatic N) is 5. The second kappa shape index (κ2) is 9.98. The van der Waals surface area contributed by atoms with Crippen LogP contribution in [0.2, 0.25) is 0 Å². The number of nitrogens with one attached hydrogen (secondary N) is 1. The van der Waals surface area contributed by atoms with E-state index in [4.69, 9.17) is 0 Å². The van der Waals surface area contributed by atoms with E-state index in [2.05, 4.69) is 69.1 Å². The van der Waals surface area contributed by atoms with Gasteiger partial charge in [0, 0.05) is 23.7 Å². The van der Waals surface area contributed by atoms with Gasteiger partial charge in [0.2, 0.25) is 0 Å². The Kier molecular flexibility index (Phi) is 6.82. The molecule has 34 heavy (non-hydrogen) atoms. The predicted molar refractivity (Wildman–Crippen MR) is 135 cm³/mol. The Morgan fingerprint density at radius 1 is 1.03 bits per heavy atom. The fourth-order valence-corrected chi connectivity index (χ4v) is 6.14. The zero-order chi connectivity index (χ0) is 23.7. The van der Waals surface area contributed by atoms with Crippen LogP contribution >= 0.6 is 0 Å². The van der Waals surface area contributed by atoms with E-state index >= 15 is 0 Å². The summed E-state index contributed by atoms with van der Waals surface area (Å²) < 4.78 is 2.10. The van der Waals surface area contributed by atoms with Crippen molar-refractivity contribution >= 4 is 10.9 Å². The van der Waals surface area contributed by atoms with E-state index in [1.165, 1.54) is 56.1 Å². The van der Waals surface area contributed by atoms with Crippen LogP contribution in [-0.4, -0.2) is 36.1 Å². The summed E-state index contributed by atoms with van der Waals surface area (Å²) in [5.74, 6) is 0.976. The molecule has 0 radical (unpaired) electrons. The molecule has 2 saturated carbocycles. The molecule has 5 rings (SSSR count). The van der Waals surface area contributed by atoms with Crippen molar-refractivity contribution in [3.63, 3.8) is 0 Å². The lowest BCUT2D eigenvalue weighted by molar-refractivity contribution is 0.0830. The third kappa shape index (κ3) is 4.54. The van der Waals surface area contributed by atoms with E-state index in [1.54, 1.807) is 0 Å². The largest absolute Gasteiger partial charge is 0.322 e. The van der Waals surface area contributed by atoms with Gasteiger partial charge in [-0.05, 0) is 91.1 Å². The number of benzene rings is 1. The third-order valence-corrected chi connectivity index (χ3v) is 8.21. The van der Waals surface area contributed by atoms with Crippen LogP contribution in [0.25, 0.3) is 10.9 Å². The van der Waals surface area contributed by atoms with E-state index < -0.39 is 0 Å². The first-order valence-corrected chi connectivity index (χ1v) is 13.2. The van der Waals surface area contributed by atoms with Crippen LogP contribution in [0.4, 0.5) is 0 Å². The van der Waals surface area contributed by atoms with Gasteiger partial charge in [-0.2, -0.15) is 0 Å². The molecule has 3 aromatic rings. The van der Waals surface area contributed by atoms with Crippen molar-refractivity contribution in [1.29, 1.82) is 0 Å². The normalized spacial score (nSPS) is 18.8. The molecule has 2 fully saturated rings. The van der Waals surface area contributed by atoms with Crippen LogP contribution in [0.15, 0.2) is 23.0 Å². The van der Waals surface area contributed by atoms with Crippen LogP contribution < -0.4 is 5.56 Å². The third-order valence-electron chi connectivity index (χ3n) is 8.21. The highest BCUT2D eigenvalue weighted by molar-refractivity contribution is 5.80. The lowest BCUT2D eigenvalue weighted by atomic mass is 9.92. The maximum Gasteiger partial charge on any atom is 0.252 e. The van der Waals surface area contributed by atoms with Crippen molar-refractivity contribution < 1.29 is 0 Å². The molecule has 7 heteroatoms. The highest BCUT2D eigenvalue weighted by Gasteiger charge is 2.33. The second-order valence-corrected chi connectivity index (χ2v) is 10.5. The van der Waals surface area contributed by atoms with Crippen LogP contribution in [0.5, 0.6) is 0 Å². The van der Waals surface area contributed by atoms with Gasteiger partial charge in [-0.3, -0.25) is 9.69 Å². The van der Waals surface area contributed by atoms with Crippen molar-refractivity contribution in [2.24, 2.45) is 0 Å². The quantitative estimate of drug-likeness (QED) is 0.499. The van der Waals surface area contributed by atoms with Crippen molar-refractivity contribution in [2.75, 3.05) is 0 Å². The Bertz CT molecular complexity index is 1190. The molecule has 2 aromatic heterocycles. The topological polar surface area (TPSA) is 79.7 Å². The summed E-state index contributed by atoms with van der Waals surface area (Å²) in [6.07, 6.45) is 11.9. The first kappa shape index (κ1) is 23.2. The second-order valence-electron chi connectivity index (χ2n) is 10.5. The van der Waals surface area contributed by atoms with E-state index in [0.717, 1.165) is 41.6 Å². The zero-order valence-electron chi connectivity index (χ0n) is 20.9. The molecular weight excluding hydrogens is 424 g/mol. The highest BCUT2D eigenvalue weighted by atomic mass is 16.1. The monoisotopic (exact) mass is 462 g/mol. The fraction of sp³-hybridized carbons (Fsp3) is 0.630. The summed E-state index contributed by atoms with van der Waals surface area (Å²) in [6, 6.07) is 7.33. The number of hydrogen-bond acceptors (Lipinski definition) is 5. The smallest absolute Gasteiger partial charge is 0.252 e. The van der Waals surface area contributed by atoms with Gasteiger partial charge in [-0.1, -0.05) is 39.0 Å². The Hall–Kier alpha value is -2.54. The van der Waals surface area contributed by atoms with Gasteiger partial charge in [-0.15, -0.1) is 5.10 Å². The van der Waals surface area contributed by atoms with Crippen LogP contribution in [-0.2, 0) is 6.54 Å². The number of hydrogen-bond donors (Lipinski definition) is 1. The van der Waals surface area contributed by atoms with Gasteiger partial charge in [0.25, 0.3) is 5.56 Å². The Labute approximate surface area is 201 Å². The molecule has 0 bridgehead atoms. The number of tetrazole rings is 1. The van der Waals surface area contributed by atoms with Gasteiger partial charge in [0.05, 0.1) is 12.1 Å². The SMILES string of the molecule is CC[C@@H](c1nnnn1C1CCCC1)N(Cc1cc2cc(C)c(C)cc2[nH]c1=O)C1CCCCC1. The maximum atomic E-state index is 13.2. The fourth-order valence-electron chi connectivity index (χ4n) is 6.14. The van der Waals surface area contributed by atoms with Crippen LogP contribution in [0, 0.1) is 13.8 Å². The minimum absolute atomic E-state index is 0.0156. The molecule has 1 N–H and O–H groups in total. The molecule has 1 aromatic carbocycles. The van der Waals surface area contributed by atoms with Crippen molar-refractivity contribution in [1.82, 2.24) is 30.1 Å². The van der Waals surface area contributed by atoms with Gasteiger partial charge in [0.1, 0.15) is 0 Å². The Morgan fingerprint density at radius 2 is 1.74 bits per heavy atom. The Balaban J connectivity index is 1.53. The summed E-state index contributed by atoms with van der Waals surface area (Å²) >= 11 is 0. The summed E-state index contributed by atoms with van der Waals surface area (Å²) in [5, 5.41) is 14.2. The van der Waals surface area contributed by atoms with Gasteiger partial charge < -0.3 is 4.98 Å². The lowest BCUT2D eigenvalue weighted by Crippen LogP contribution is -2.41. The number of aromatic nitrogens is 5. The van der Waals surface area contributed by atoms with Gasteiger partial charge >= 0.3 is 0 Å². The van der Waals surface area contributed by atoms with Gasteiger partial charge in [0.15, 0.2) is 5.82 Å². The molecule has 2 aliphatic rings. The number of H-pyrrole nitrogens is 1. The molecular formula is C27H38N6O. The predicted octanol–water partition coefficient (Wildman–Crippen LogP) is 5.53. The maximum absolute atomic E-state index is 13.2. The summed E-state index contributed by atoms with van der Waals surface area (Å²) in [6.45, 7) is 7.07. The molecule has 0 unspecified atom stereocenters. The highest BCUT2D eigenvalue weighted by Crippen LogP contribution is 2.36. The van der Waals surface area contributed by atoms with Crippen LogP contribution in [0.1, 0.15) is 106 Å². The molecule has 7 nitrogen and oxygen atoms in total. The van der Waals surface area contributed by atoms with E-state index in [-0.39, 0.29) is 11.6 Å². The minimum Gasteiger partial charge on any atom is -0.322 e. The summed E-state index contributed by atoms with van der Waals surface area (Å²) in [7, 11) is 0. The zero-order valence-corrected chi connectivity index (χ0v) is 20.9. The minimum atomic E-state index is 0.0156. The molecule has 2 heterocycles. The van der Waals surface area contributed by atoms with E-state index in [1.807, 2.05) is 0 Å². The average molecular weight is 463 g/mol. The van der Waals surface area contributed by atoms with Crippen LogP contribution in [0.3, 0.4) is 0 Å². The number of aryl methyl sites for hydroxylation is 2. The Morgan fingerprint density at radius 3 is 2.47 bits per heavy atom. The number of fused-ring (bicyclic) bond motifs is 1. The molecule has 0 saturated heterocycles. The average Bonchev–Trinajstić information content (AvgIpc) is 3.53.